The van der Waals surface area contributed by atoms with Crippen molar-refractivity contribution in [3.05, 3.63) is 35.4 Å². The zero-order chi connectivity index (χ0) is 18.3. The smallest absolute Gasteiger partial charge is 0.329 e. The number of alkyl halides is 2. The Morgan fingerprint density at radius 3 is 2.00 bits per heavy atom. The number of imide groups is 1. The number of carbonyl (C=O) groups is 3. The van der Waals surface area contributed by atoms with E-state index in [1.807, 2.05) is 0 Å². The molecule has 6 rings (SSSR count). The molecule has 2 unspecified atom stereocenters. The Morgan fingerprint density at radius 1 is 0.962 bits per heavy atom. The minimum Gasteiger partial charge on any atom is -0.329 e. The van der Waals surface area contributed by atoms with Crippen molar-refractivity contribution in [2.45, 2.75) is 49.9 Å². The number of hydrogen-bond acceptors (Lipinski definition) is 4. The van der Waals surface area contributed by atoms with Crippen LogP contribution in [-0.4, -0.2) is 34.2 Å². The molecule has 2 amide bonds. The van der Waals surface area contributed by atoms with Gasteiger partial charge in [-0.15, -0.1) is 0 Å². The molecule has 1 aromatic rings. The van der Waals surface area contributed by atoms with Gasteiger partial charge >= 0.3 is 5.97 Å². The summed E-state index contributed by atoms with van der Waals surface area (Å²) in [6.07, 6.45) is 0.473. The zero-order valence-corrected chi connectivity index (χ0v) is 14.0. The van der Waals surface area contributed by atoms with E-state index in [-0.39, 0.29) is 49.1 Å². The van der Waals surface area contributed by atoms with Gasteiger partial charge in [0.15, 0.2) is 0 Å². The van der Waals surface area contributed by atoms with Crippen LogP contribution in [0.2, 0.25) is 0 Å². The SMILES string of the molecule is O=C1c2ccccc2C(=O)N1OC(=O)C12CC3CC(F)(CC(F)(C3)C1)C2. The van der Waals surface area contributed by atoms with Crippen molar-refractivity contribution < 1.29 is 28.0 Å². The zero-order valence-electron chi connectivity index (χ0n) is 14.0. The minimum absolute atomic E-state index is 0.107. The number of fused-ring (bicyclic) bond motifs is 1. The first-order valence-electron chi connectivity index (χ1n) is 8.81. The van der Waals surface area contributed by atoms with E-state index < -0.39 is 34.5 Å². The third-order valence-corrected chi connectivity index (χ3v) is 6.30. The first-order chi connectivity index (χ1) is 12.2. The second-order valence-corrected chi connectivity index (χ2v) is 8.42. The van der Waals surface area contributed by atoms with Crippen LogP contribution in [0.1, 0.15) is 59.2 Å². The monoisotopic (exact) mass is 361 g/mol. The molecule has 1 heterocycles. The molecule has 0 aromatic heterocycles. The lowest BCUT2D eigenvalue weighted by Crippen LogP contribution is -2.62. The normalized spacial score (nSPS) is 40.1. The predicted octanol–water partition coefficient (Wildman–Crippen LogP) is 3.14. The summed E-state index contributed by atoms with van der Waals surface area (Å²) in [4.78, 5) is 42.8. The summed E-state index contributed by atoms with van der Waals surface area (Å²) >= 11 is 0. The highest BCUT2D eigenvalue weighted by atomic mass is 19.2. The molecule has 0 N–H and O–H groups in total. The van der Waals surface area contributed by atoms with Crippen LogP contribution in [0.25, 0.3) is 0 Å². The molecule has 1 aromatic carbocycles. The van der Waals surface area contributed by atoms with Gasteiger partial charge in [0.1, 0.15) is 11.3 Å². The van der Waals surface area contributed by atoms with Crippen LogP contribution in [-0.2, 0) is 9.63 Å². The van der Waals surface area contributed by atoms with Crippen LogP contribution in [0.5, 0.6) is 0 Å². The summed E-state index contributed by atoms with van der Waals surface area (Å²) in [6, 6.07) is 6.16. The molecule has 0 radical (unpaired) electrons. The van der Waals surface area contributed by atoms with Crippen LogP contribution in [0.3, 0.4) is 0 Å². The van der Waals surface area contributed by atoms with Crippen LogP contribution >= 0.6 is 0 Å². The van der Waals surface area contributed by atoms with E-state index in [4.69, 9.17) is 4.84 Å². The summed E-state index contributed by atoms with van der Waals surface area (Å²) < 4.78 is 30.0. The summed E-state index contributed by atoms with van der Waals surface area (Å²) in [5, 5.41) is 0.432. The third-order valence-electron chi connectivity index (χ3n) is 6.30. The molecule has 1 aliphatic heterocycles. The van der Waals surface area contributed by atoms with E-state index in [1.54, 1.807) is 12.1 Å². The number of hydroxylamine groups is 2. The minimum atomic E-state index is -1.71. The molecule has 4 fully saturated rings. The Balaban J connectivity index is 1.43. The first-order valence-corrected chi connectivity index (χ1v) is 8.81. The molecule has 0 saturated heterocycles. The van der Waals surface area contributed by atoms with E-state index in [0.29, 0.717) is 11.5 Å². The average Bonchev–Trinajstić information content (AvgIpc) is 2.77. The van der Waals surface area contributed by atoms with E-state index in [2.05, 4.69) is 0 Å². The lowest BCUT2D eigenvalue weighted by Gasteiger charge is -2.59. The van der Waals surface area contributed by atoms with Crippen LogP contribution in [0, 0.1) is 11.3 Å². The van der Waals surface area contributed by atoms with Crippen molar-refractivity contribution in [2.75, 3.05) is 0 Å². The van der Waals surface area contributed by atoms with Gasteiger partial charge in [-0.3, -0.25) is 9.59 Å². The lowest BCUT2D eigenvalue weighted by atomic mass is 9.47. The average molecular weight is 361 g/mol. The van der Waals surface area contributed by atoms with Gasteiger partial charge in [0.2, 0.25) is 0 Å². The second kappa shape index (κ2) is 4.69. The van der Waals surface area contributed by atoms with E-state index in [0.717, 1.165) is 0 Å². The largest absolute Gasteiger partial charge is 0.339 e. The maximum Gasteiger partial charge on any atom is 0.339 e. The number of nitrogens with zero attached hydrogens (tertiary/aromatic N) is 1. The van der Waals surface area contributed by atoms with Crippen molar-refractivity contribution in [1.82, 2.24) is 5.06 Å². The summed E-state index contributed by atoms with van der Waals surface area (Å²) in [6.45, 7) is 0. The fourth-order valence-corrected chi connectivity index (χ4v) is 5.86. The molecule has 2 atom stereocenters. The van der Waals surface area contributed by atoms with Crippen molar-refractivity contribution in [3.8, 4) is 0 Å². The fourth-order valence-electron chi connectivity index (χ4n) is 5.86. The van der Waals surface area contributed by atoms with Gasteiger partial charge in [-0.1, -0.05) is 17.2 Å². The third kappa shape index (κ3) is 2.03. The van der Waals surface area contributed by atoms with E-state index in [9.17, 15) is 14.4 Å². The maximum atomic E-state index is 15.0. The molecule has 7 heteroatoms. The quantitative estimate of drug-likeness (QED) is 0.759. The highest BCUT2D eigenvalue weighted by molar-refractivity contribution is 6.20. The van der Waals surface area contributed by atoms with Crippen molar-refractivity contribution in [1.29, 1.82) is 0 Å². The molecular formula is C19H17F2NO4. The molecule has 5 aliphatic rings. The number of rotatable bonds is 2. The summed E-state index contributed by atoms with van der Waals surface area (Å²) in [5.74, 6) is -2.54. The maximum absolute atomic E-state index is 15.0. The predicted molar refractivity (Wildman–Crippen MR) is 84.3 cm³/mol. The summed E-state index contributed by atoms with van der Waals surface area (Å²) in [7, 11) is 0. The standard InChI is InChI=1S/C19H17F2NO4/c20-18-6-11-5-17(8-18,9-19(21,7-11)10-18)16(25)26-22-14(23)12-3-1-2-4-13(12)15(22)24/h1-4,11H,5-10H2. The van der Waals surface area contributed by atoms with Crippen LogP contribution < -0.4 is 0 Å². The van der Waals surface area contributed by atoms with Gasteiger partial charge in [-0.2, -0.15) is 0 Å². The Bertz CT molecular complexity index is 816. The Labute approximate surface area is 148 Å². The van der Waals surface area contributed by atoms with Crippen LogP contribution in [0.15, 0.2) is 24.3 Å². The van der Waals surface area contributed by atoms with E-state index >= 15 is 8.78 Å². The molecule has 4 bridgehead atoms. The molecule has 5 nitrogen and oxygen atoms in total. The van der Waals surface area contributed by atoms with Crippen molar-refractivity contribution >= 4 is 17.8 Å². The van der Waals surface area contributed by atoms with Gasteiger partial charge in [0, 0.05) is 6.42 Å². The molecule has 26 heavy (non-hydrogen) atoms. The fraction of sp³-hybridized carbons (Fsp3) is 0.526. The molecule has 136 valence electrons. The Kier molecular flexibility index (Phi) is 2.87. The number of benzene rings is 1. The highest BCUT2D eigenvalue weighted by Crippen LogP contribution is 2.66. The lowest BCUT2D eigenvalue weighted by molar-refractivity contribution is -0.218. The summed E-state index contributed by atoms with van der Waals surface area (Å²) in [5.41, 5.74) is -4.43. The Morgan fingerprint density at radius 2 is 1.50 bits per heavy atom. The van der Waals surface area contributed by atoms with Crippen molar-refractivity contribution in [3.63, 3.8) is 0 Å². The molecule has 4 aliphatic carbocycles. The van der Waals surface area contributed by atoms with Gasteiger partial charge in [0.25, 0.3) is 11.8 Å². The number of hydrogen-bond donors (Lipinski definition) is 0. The molecular weight excluding hydrogens is 344 g/mol. The van der Waals surface area contributed by atoms with Gasteiger partial charge < -0.3 is 4.84 Å². The number of carbonyl (C=O) groups excluding carboxylic acids is 3. The van der Waals surface area contributed by atoms with Crippen LogP contribution in [0.4, 0.5) is 8.78 Å². The Hall–Kier alpha value is -2.31. The molecule has 0 spiro atoms. The van der Waals surface area contributed by atoms with Gasteiger partial charge in [0.05, 0.1) is 16.5 Å². The van der Waals surface area contributed by atoms with Gasteiger partial charge in [-0.05, 0) is 50.2 Å². The first kappa shape index (κ1) is 15.9. The topological polar surface area (TPSA) is 63.7 Å². The van der Waals surface area contributed by atoms with Gasteiger partial charge in [-0.25, -0.2) is 13.6 Å². The second-order valence-electron chi connectivity index (χ2n) is 8.42. The molecule has 4 saturated carbocycles. The number of halogens is 2. The highest BCUT2D eigenvalue weighted by Gasteiger charge is 2.68. The van der Waals surface area contributed by atoms with Crippen molar-refractivity contribution in [2.24, 2.45) is 11.3 Å². The van der Waals surface area contributed by atoms with E-state index in [1.165, 1.54) is 12.1 Å². The number of amides is 2.